The van der Waals surface area contributed by atoms with Gasteiger partial charge in [-0.25, -0.2) is 43.9 Å². The van der Waals surface area contributed by atoms with Gasteiger partial charge in [0.05, 0.1) is 11.1 Å². The Morgan fingerprint density at radius 2 is 0.729 bits per heavy atom. The summed E-state index contributed by atoms with van der Waals surface area (Å²) in [6.45, 7) is 3.99. The van der Waals surface area contributed by atoms with Crippen molar-refractivity contribution in [1.29, 1.82) is 0 Å². The first-order valence-electron chi connectivity index (χ1n) is 19.6. The molecule has 4 aromatic rings. The smallest absolute Gasteiger partial charge is 0.310 e. The predicted molar refractivity (Wildman–Crippen MR) is 191 cm³/mol. The molecule has 4 aromatic carbocycles. The fraction of sp³-hybridized carbons (Fsp3) is 0.455. The number of ether oxygens (including phenoxy) is 1. The van der Waals surface area contributed by atoms with E-state index in [2.05, 4.69) is 0 Å². The molecule has 0 saturated heterocycles. The van der Waals surface area contributed by atoms with E-state index in [1.165, 1.54) is 0 Å². The minimum absolute atomic E-state index is 0.0206. The third kappa shape index (κ3) is 8.53. The molecule has 2 aliphatic carbocycles. The van der Waals surface area contributed by atoms with Gasteiger partial charge in [-0.1, -0.05) is 39.5 Å². The second-order valence-electron chi connectivity index (χ2n) is 15.7. The van der Waals surface area contributed by atoms with Crippen molar-refractivity contribution in [2.75, 3.05) is 0 Å². The van der Waals surface area contributed by atoms with Gasteiger partial charge in [0.25, 0.3) is 0 Å². The number of alkyl halides is 4. The maximum Gasteiger partial charge on any atom is 0.310 e. The molecule has 2 fully saturated rings. The lowest BCUT2D eigenvalue weighted by molar-refractivity contribution is 0.0251. The van der Waals surface area contributed by atoms with Gasteiger partial charge >= 0.3 is 11.8 Å². The van der Waals surface area contributed by atoms with Crippen molar-refractivity contribution in [3.8, 4) is 11.5 Å². The molecule has 0 atom stereocenters. The first-order valence-corrected chi connectivity index (χ1v) is 19.6. The highest BCUT2D eigenvalue weighted by atomic mass is 19.3. The lowest BCUT2D eigenvalue weighted by Crippen LogP contribution is -2.25. The molecule has 0 bridgehead atoms. The van der Waals surface area contributed by atoms with Gasteiger partial charge in [-0.2, -0.15) is 17.6 Å². The van der Waals surface area contributed by atoms with Crippen LogP contribution in [-0.4, -0.2) is 0 Å². The lowest BCUT2D eigenvalue weighted by Gasteiger charge is -2.29. The number of rotatable bonds is 12. The summed E-state index contributed by atoms with van der Waals surface area (Å²) in [4.78, 5) is 0. The Hall–Kier alpha value is -4.30. The van der Waals surface area contributed by atoms with Gasteiger partial charge in [-0.3, -0.25) is 0 Å². The van der Waals surface area contributed by atoms with Crippen molar-refractivity contribution in [2.24, 2.45) is 11.8 Å². The highest BCUT2D eigenvalue weighted by Crippen LogP contribution is 2.51. The van der Waals surface area contributed by atoms with Crippen molar-refractivity contribution < 1.29 is 66.2 Å². The third-order valence-electron chi connectivity index (χ3n) is 11.9. The van der Waals surface area contributed by atoms with Crippen LogP contribution < -0.4 is 4.74 Å². The molecule has 0 spiro atoms. The van der Waals surface area contributed by atoms with E-state index < -0.39 is 128 Å². The molecule has 1 nitrogen and oxygen atoms in total. The summed E-state index contributed by atoms with van der Waals surface area (Å²) in [5.74, 6) is -38.6. The van der Waals surface area contributed by atoms with E-state index in [9.17, 15) is 17.6 Å². The summed E-state index contributed by atoms with van der Waals surface area (Å²) >= 11 is 0. The summed E-state index contributed by atoms with van der Waals surface area (Å²) in [5, 5.41) is 0. The zero-order chi connectivity index (χ0) is 43.1. The second-order valence-corrected chi connectivity index (χ2v) is 15.7. The molecule has 59 heavy (non-hydrogen) atoms. The summed E-state index contributed by atoms with van der Waals surface area (Å²) in [5.41, 5.74) is -9.49. The van der Waals surface area contributed by atoms with Crippen LogP contribution in [0.1, 0.15) is 136 Å². The van der Waals surface area contributed by atoms with Crippen LogP contribution in [-0.2, 0) is 11.8 Å². The van der Waals surface area contributed by atoms with Crippen LogP contribution in [0.4, 0.5) is 61.5 Å². The molecule has 6 rings (SSSR count). The molecule has 320 valence electrons. The fourth-order valence-electron chi connectivity index (χ4n) is 8.90. The molecule has 0 unspecified atom stereocenters. The van der Waals surface area contributed by atoms with Crippen LogP contribution in [0.3, 0.4) is 0 Å². The lowest BCUT2D eigenvalue weighted by atomic mass is 9.77. The van der Waals surface area contributed by atoms with E-state index in [1.54, 1.807) is 0 Å². The molecule has 2 saturated carbocycles. The summed E-state index contributed by atoms with van der Waals surface area (Å²) in [6, 6.07) is 1.45. The Labute approximate surface area is 331 Å². The van der Waals surface area contributed by atoms with E-state index >= 15 is 43.9 Å². The Kier molecular flexibility index (Phi) is 13.0. The SMILES string of the molecule is CCCC1CCC(c2cc(F)c(C(F)(F)c3c(Oc4cc(F)c(F)c(F)c4C(F)(F)c4c(F)cc(C5CCC(CCC)CC5)cc4F)cc(F)c(F)c3F)c(F)c2)CC1. The highest BCUT2D eigenvalue weighted by molar-refractivity contribution is 5.52. The van der Waals surface area contributed by atoms with Crippen molar-refractivity contribution >= 4 is 0 Å². The molecule has 0 radical (unpaired) electrons. The van der Waals surface area contributed by atoms with E-state index in [0.29, 0.717) is 87.5 Å². The maximum absolute atomic E-state index is 16.3. The Morgan fingerprint density at radius 1 is 0.424 bits per heavy atom. The Bertz CT molecular complexity index is 1990. The Morgan fingerprint density at radius 3 is 1.02 bits per heavy atom. The van der Waals surface area contributed by atoms with E-state index in [1.807, 2.05) is 13.8 Å². The van der Waals surface area contributed by atoms with Crippen molar-refractivity contribution in [3.05, 3.63) is 128 Å². The standard InChI is InChI=1S/C44H40F14O/c1-3-5-21-7-11-23(12-8-21)25-15-27(45)35(28(46)16-25)43(55,56)37-33(19-31(49)39(51)41(37)53)59-34-20-32(50)40(52)42(54)38(34)44(57,58)36-29(47)17-26(18-30(36)48)24-13-9-22(6-4-2)10-14-24/h15-24H,3-14H2,1-2H3. The number of hydrogen-bond donors (Lipinski definition) is 0. The summed E-state index contributed by atoms with van der Waals surface area (Å²) < 4.78 is 222. The van der Waals surface area contributed by atoms with Gasteiger partial charge in [0.1, 0.15) is 45.9 Å². The molecular formula is C44H40F14O. The minimum atomic E-state index is -5.37. The first kappa shape index (κ1) is 44.3. The minimum Gasteiger partial charge on any atom is -0.456 e. The monoisotopic (exact) mass is 850 g/mol. The van der Waals surface area contributed by atoms with Gasteiger partial charge in [0, 0.05) is 12.1 Å². The number of benzene rings is 4. The summed E-state index contributed by atoms with van der Waals surface area (Å²) in [6.07, 6.45) is 8.28. The van der Waals surface area contributed by atoms with Gasteiger partial charge < -0.3 is 4.74 Å². The van der Waals surface area contributed by atoms with Crippen LogP contribution in [0.15, 0.2) is 36.4 Å². The fourth-order valence-corrected chi connectivity index (χ4v) is 8.90. The zero-order valence-electron chi connectivity index (χ0n) is 32.0. The van der Waals surface area contributed by atoms with Crippen LogP contribution in [0, 0.1) is 70.0 Å². The van der Waals surface area contributed by atoms with Crippen LogP contribution in [0.25, 0.3) is 0 Å². The van der Waals surface area contributed by atoms with Gasteiger partial charge in [-0.15, -0.1) is 0 Å². The van der Waals surface area contributed by atoms with E-state index in [-0.39, 0.29) is 11.1 Å². The van der Waals surface area contributed by atoms with Gasteiger partial charge in [0.15, 0.2) is 34.9 Å². The molecule has 0 aromatic heterocycles. The van der Waals surface area contributed by atoms with Crippen molar-refractivity contribution in [2.45, 2.75) is 115 Å². The van der Waals surface area contributed by atoms with Crippen LogP contribution >= 0.6 is 0 Å². The normalized spacial score (nSPS) is 20.3. The average Bonchev–Trinajstić information content (AvgIpc) is 3.16. The molecule has 0 aliphatic heterocycles. The third-order valence-corrected chi connectivity index (χ3v) is 11.9. The van der Waals surface area contributed by atoms with Crippen molar-refractivity contribution in [1.82, 2.24) is 0 Å². The topological polar surface area (TPSA) is 9.23 Å². The molecule has 2 aliphatic rings. The van der Waals surface area contributed by atoms with E-state index in [0.717, 1.165) is 25.7 Å². The maximum atomic E-state index is 16.3. The molecule has 15 heteroatoms. The Balaban J connectivity index is 1.42. The average molecular weight is 851 g/mol. The molecule has 0 N–H and O–H groups in total. The molecule has 0 amide bonds. The van der Waals surface area contributed by atoms with Gasteiger partial charge in [0.2, 0.25) is 0 Å². The highest BCUT2D eigenvalue weighted by Gasteiger charge is 2.49. The zero-order valence-corrected chi connectivity index (χ0v) is 32.0. The second kappa shape index (κ2) is 17.4. The quantitative estimate of drug-likeness (QED) is 0.102. The number of hydrogen-bond acceptors (Lipinski definition) is 1. The van der Waals surface area contributed by atoms with E-state index in [4.69, 9.17) is 4.74 Å². The van der Waals surface area contributed by atoms with Crippen LogP contribution in [0.5, 0.6) is 11.5 Å². The predicted octanol–water partition coefficient (Wildman–Crippen LogP) is 15.3. The number of halogens is 14. The molecular weight excluding hydrogens is 810 g/mol. The summed E-state index contributed by atoms with van der Waals surface area (Å²) in [7, 11) is 0. The van der Waals surface area contributed by atoms with Gasteiger partial charge in [-0.05, 0) is 110 Å². The first-order chi connectivity index (χ1) is 27.8. The van der Waals surface area contributed by atoms with Crippen molar-refractivity contribution in [3.63, 3.8) is 0 Å². The largest absolute Gasteiger partial charge is 0.456 e. The van der Waals surface area contributed by atoms with Crippen LogP contribution in [0.2, 0.25) is 0 Å². The molecule has 0 heterocycles.